The van der Waals surface area contributed by atoms with E-state index in [1.165, 1.54) is 0 Å². The van der Waals surface area contributed by atoms with Crippen LogP contribution in [-0.2, 0) is 0 Å². The molecule has 2 aromatic rings. The van der Waals surface area contributed by atoms with E-state index in [1.54, 1.807) is 32.2 Å². The highest BCUT2D eigenvalue weighted by atomic mass is 16.5. The van der Waals surface area contributed by atoms with E-state index in [2.05, 4.69) is 4.99 Å². The van der Waals surface area contributed by atoms with Gasteiger partial charge in [0.25, 0.3) is 0 Å². The van der Waals surface area contributed by atoms with Crippen LogP contribution >= 0.6 is 0 Å². The smallest absolute Gasteiger partial charge is 0.237 e. The Hall–Kier alpha value is -2.93. The normalized spacial score (nSPS) is 10.9. The van der Waals surface area contributed by atoms with E-state index in [4.69, 9.17) is 10.00 Å². The molecule has 0 fully saturated rings. The Bertz CT molecular complexity index is 819. The van der Waals surface area contributed by atoms with Crippen molar-refractivity contribution in [1.29, 1.82) is 5.26 Å². The van der Waals surface area contributed by atoms with Crippen LogP contribution < -0.4 is 10.2 Å². The van der Waals surface area contributed by atoms with Crippen LogP contribution in [0.2, 0.25) is 0 Å². The molecule has 0 aromatic heterocycles. The van der Waals surface area contributed by atoms with Crippen LogP contribution in [-0.4, -0.2) is 5.90 Å². The SMILES string of the molecule is Cc1cc(C)c(OC(=NC#N)c2ccccc2)c(=O)c(C)c1. The van der Waals surface area contributed by atoms with Gasteiger partial charge >= 0.3 is 0 Å². The first-order valence-corrected chi connectivity index (χ1v) is 6.85. The molecule has 0 aliphatic carbocycles. The van der Waals surface area contributed by atoms with Crippen molar-refractivity contribution in [3.05, 3.63) is 74.9 Å². The Kier molecular flexibility index (Phi) is 4.70. The lowest BCUT2D eigenvalue weighted by Gasteiger charge is -2.08. The molecule has 0 N–H and O–H groups in total. The third-order valence-corrected chi connectivity index (χ3v) is 3.18. The summed E-state index contributed by atoms with van der Waals surface area (Å²) in [5, 5.41) is 8.87. The molecule has 22 heavy (non-hydrogen) atoms. The Labute approximate surface area is 129 Å². The van der Waals surface area contributed by atoms with Gasteiger partial charge in [-0.1, -0.05) is 35.9 Å². The molecule has 4 heteroatoms. The quantitative estimate of drug-likeness (QED) is 0.485. The minimum Gasteiger partial charge on any atom is -0.433 e. The van der Waals surface area contributed by atoms with Gasteiger partial charge in [-0.05, 0) is 38.5 Å². The summed E-state index contributed by atoms with van der Waals surface area (Å²) in [5.74, 6) is 0.315. The lowest BCUT2D eigenvalue weighted by Crippen LogP contribution is -2.16. The van der Waals surface area contributed by atoms with Gasteiger partial charge in [0.05, 0.1) is 0 Å². The van der Waals surface area contributed by atoms with Gasteiger partial charge in [-0.25, -0.2) is 0 Å². The highest BCUT2D eigenvalue weighted by Gasteiger charge is 2.12. The predicted octanol–water partition coefficient (Wildman–Crippen LogP) is 3.28. The first-order valence-electron chi connectivity index (χ1n) is 6.85. The fraction of sp³-hybridized carbons (Fsp3) is 0.167. The van der Waals surface area contributed by atoms with Crippen LogP contribution in [0.1, 0.15) is 22.3 Å². The van der Waals surface area contributed by atoms with E-state index in [9.17, 15) is 4.79 Å². The second-order valence-corrected chi connectivity index (χ2v) is 5.04. The van der Waals surface area contributed by atoms with Crippen molar-refractivity contribution in [2.24, 2.45) is 4.99 Å². The van der Waals surface area contributed by atoms with Crippen molar-refractivity contribution in [1.82, 2.24) is 0 Å². The Morgan fingerprint density at radius 3 is 2.36 bits per heavy atom. The van der Waals surface area contributed by atoms with Crippen LogP contribution in [0.4, 0.5) is 0 Å². The van der Waals surface area contributed by atoms with Crippen molar-refractivity contribution in [3.8, 4) is 11.9 Å². The van der Waals surface area contributed by atoms with Gasteiger partial charge in [0.2, 0.25) is 17.5 Å². The first-order chi connectivity index (χ1) is 10.5. The summed E-state index contributed by atoms with van der Waals surface area (Å²) in [6.45, 7) is 5.47. The van der Waals surface area contributed by atoms with Gasteiger partial charge in [0, 0.05) is 11.1 Å². The number of nitriles is 1. The van der Waals surface area contributed by atoms with Gasteiger partial charge in [-0.3, -0.25) is 4.79 Å². The Morgan fingerprint density at radius 1 is 1.09 bits per heavy atom. The molecule has 0 unspecified atom stereocenters. The predicted molar refractivity (Wildman–Crippen MR) is 86.1 cm³/mol. The molecule has 0 saturated heterocycles. The summed E-state index contributed by atoms with van der Waals surface area (Å²) in [6.07, 6.45) is 1.72. The largest absolute Gasteiger partial charge is 0.433 e. The molecule has 4 nitrogen and oxygen atoms in total. The third kappa shape index (κ3) is 3.39. The highest BCUT2D eigenvalue weighted by molar-refractivity contribution is 5.96. The fourth-order valence-corrected chi connectivity index (χ4v) is 2.21. The number of ether oxygens (including phenoxy) is 1. The molecular formula is C18H16N2O2. The zero-order chi connectivity index (χ0) is 16.1. The second kappa shape index (κ2) is 6.68. The minimum atomic E-state index is -0.202. The molecule has 0 radical (unpaired) electrons. The Morgan fingerprint density at radius 2 is 1.73 bits per heavy atom. The number of hydrogen-bond acceptors (Lipinski definition) is 4. The molecule has 0 spiro atoms. The molecule has 0 atom stereocenters. The van der Waals surface area contributed by atoms with E-state index < -0.39 is 0 Å². The summed E-state index contributed by atoms with van der Waals surface area (Å²) in [5.41, 5.74) is 2.71. The summed E-state index contributed by atoms with van der Waals surface area (Å²) in [6, 6.07) is 12.7. The first kappa shape index (κ1) is 15.5. The number of aliphatic imine (C=N–C) groups is 1. The molecule has 2 aromatic carbocycles. The summed E-state index contributed by atoms with van der Waals surface area (Å²) in [4.78, 5) is 16.2. The maximum Gasteiger partial charge on any atom is 0.237 e. The molecule has 0 aliphatic rings. The summed E-state index contributed by atoms with van der Waals surface area (Å²) in [7, 11) is 0. The standard InChI is InChI=1S/C18H16N2O2/c1-12-9-13(2)16(21)17(14(3)10-12)22-18(20-11-19)15-7-5-4-6-8-15/h4-10H,1-3H3. The number of nitrogens with zero attached hydrogens (tertiary/aromatic N) is 2. The number of hydrogen-bond donors (Lipinski definition) is 0. The molecule has 0 amide bonds. The average Bonchev–Trinajstić information content (AvgIpc) is 2.58. The van der Waals surface area contributed by atoms with Gasteiger partial charge in [0.1, 0.15) is 0 Å². The number of aryl methyl sites for hydroxylation is 3. The molecule has 0 saturated carbocycles. The number of benzene rings is 1. The van der Waals surface area contributed by atoms with Crippen molar-refractivity contribution < 1.29 is 4.74 Å². The lowest BCUT2D eigenvalue weighted by atomic mass is 10.2. The minimum absolute atomic E-state index is 0.117. The van der Waals surface area contributed by atoms with Crippen LogP contribution in [0, 0.1) is 32.2 Å². The van der Waals surface area contributed by atoms with Crippen LogP contribution in [0.25, 0.3) is 0 Å². The molecule has 2 rings (SSSR count). The van der Waals surface area contributed by atoms with Crippen LogP contribution in [0.15, 0.2) is 52.3 Å². The molecular weight excluding hydrogens is 276 g/mol. The maximum absolute atomic E-state index is 12.4. The van der Waals surface area contributed by atoms with E-state index in [1.807, 2.05) is 37.3 Å². The summed E-state index contributed by atoms with van der Waals surface area (Å²) >= 11 is 0. The van der Waals surface area contributed by atoms with Crippen molar-refractivity contribution in [3.63, 3.8) is 0 Å². The van der Waals surface area contributed by atoms with E-state index in [-0.39, 0.29) is 17.1 Å². The van der Waals surface area contributed by atoms with Crippen LogP contribution in [0.3, 0.4) is 0 Å². The van der Waals surface area contributed by atoms with E-state index in [0.29, 0.717) is 16.7 Å². The van der Waals surface area contributed by atoms with E-state index >= 15 is 0 Å². The van der Waals surface area contributed by atoms with Gasteiger partial charge in [0.15, 0.2) is 5.75 Å². The van der Waals surface area contributed by atoms with Gasteiger partial charge in [-0.2, -0.15) is 5.26 Å². The van der Waals surface area contributed by atoms with Crippen molar-refractivity contribution in [2.75, 3.05) is 0 Å². The molecule has 0 heterocycles. The maximum atomic E-state index is 12.4. The summed E-state index contributed by atoms with van der Waals surface area (Å²) < 4.78 is 5.71. The topological polar surface area (TPSA) is 62.4 Å². The van der Waals surface area contributed by atoms with Crippen LogP contribution in [0.5, 0.6) is 5.75 Å². The zero-order valence-electron chi connectivity index (χ0n) is 12.8. The average molecular weight is 292 g/mol. The number of rotatable bonds is 2. The van der Waals surface area contributed by atoms with Crippen molar-refractivity contribution >= 4 is 5.90 Å². The highest BCUT2D eigenvalue weighted by Crippen LogP contribution is 2.16. The molecule has 0 bridgehead atoms. The van der Waals surface area contributed by atoms with E-state index in [0.717, 1.165) is 5.56 Å². The second-order valence-electron chi connectivity index (χ2n) is 5.04. The fourth-order valence-electron chi connectivity index (χ4n) is 2.21. The van der Waals surface area contributed by atoms with Crippen molar-refractivity contribution in [2.45, 2.75) is 20.8 Å². The Balaban J connectivity index is 2.57. The monoisotopic (exact) mass is 292 g/mol. The molecule has 110 valence electrons. The zero-order valence-corrected chi connectivity index (χ0v) is 12.8. The molecule has 0 aliphatic heterocycles. The van der Waals surface area contributed by atoms with Gasteiger partial charge in [-0.15, -0.1) is 4.99 Å². The lowest BCUT2D eigenvalue weighted by molar-refractivity contribution is 0.543. The van der Waals surface area contributed by atoms with Gasteiger partial charge < -0.3 is 4.74 Å². The third-order valence-electron chi connectivity index (χ3n) is 3.18.